The molecule has 0 spiro atoms. The van der Waals surface area contributed by atoms with E-state index in [0.29, 0.717) is 19.8 Å². The number of pyridine rings is 1. The van der Waals surface area contributed by atoms with Crippen LogP contribution in [-0.2, 0) is 9.47 Å². The molecule has 150 valence electrons. The average molecular weight is 391 g/mol. The molecule has 0 radical (unpaired) electrons. The minimum Gasteiger partial charge on any atom is -0.377 e. The van der Waals surface area contributed by atoms with E-state index in [1.54, 1.807) is 0 Å². The van der Waals surface area contributed by atoms with E-state index in [-0.39, 0.29) is 12.1 Å². The molecule has 7 heteroatoms. The summed E-state index contributed by atoms with van der Waals surface area (Å²) in [6, 6.07) is 12.5. The van der Waals surface area contributed by atoms with E-state index in [0.717, 1.165) is 53.4 Å². The van der Waals surface area contributed by atoms with Gasteiger partial charge in [0.2, 0.25) is 0 Å². The van der Waals surface area contributed by atoms with Crippen LogP contribution in [0.1, 0.15) is 18.9 Å². The minimum absolute atomic E-state index is 0.142. The molecule has 1 aromatic carbocycles. The van der Waals surface area contributed by atoms with E-state index in [4.69, 9.17) is 24.4 Å². The first-order valence-electron chi connectivity index (χ1n) is 10.2. The summed E-state index contributed by atoms with van der Waals surface area (Å²) in [5.74, 6) is 1.64. The van der Waals surface area contributed by atoms with Crippen LogP contribution in [0.4, 0.5) is 5.82 Å². The number of rotatable bonds is 3. The summed E-state index contributed by atoms with van der Waals surface area (Å²) in [5, 5.41) is 4.34. The number of benzene rings is 1. The maximum Gasteiger partial charge on any atom is 0.161 e. The molecule has 2 unspecified atom stereocenters. The number of nitrogens with zero attached hydrogens (tertiary/aromatic N) is 4. The first kappa shape index (κ1) is 18.4. The molecule has 29 heavy (non-hydrogen) atoms. The molecule has 2 aromatic heterocycles. The van der Waals surface area contributed by atoms with Gasteiger partial charge in [-0.3, -0.25) is 4.98 Å². The Morgan fingerprint density at radius 1 is 1.14 bits per heavy atom. The number of nitrogens with one attached hydrogen (secondary N) is 1. The minimum atomic E-state index is -0.142. The molecular formula is C22H25N5O2. The number of hydrogen-bond donors (Lipinski definition) is 1. The quantitative estimate of drug-likeness (QED) is 0.736. The largest absolute Gasteiger partial charge is 0.377 e. The second-order valence-corrected chi connectivity index (χ2v) is 7.54. The predicted molar refractivity (Wildman–Crippen MR) is 112 cm³/mol. The average Bonchev–Trinajstić information content (AvgIpc) is 2.79. The van der Waals surface area contributed by atoms with Gasteiger partial charge in [0.05, 0.1) is 42.5 Å². The van der Waals surface area contributed by atoms with Crippen molar-refractivity contribution >= 4 is 16.7 Å². The number of hydrogen-bond acceptors (Lipinski definition) is 7. The predicted octanol–water partition coefficient (Wildman–Crippen LogP) is 2.58. The van der Waals surface area contributed by atoms with E-state index < -0.39 is 0 Å². The van der Waals surface area contributed by atoms with Crippen LogP contribution in [0.5, 0.6) is 0 Å². The standard InChI is InChI=1S/C22H25N5O2/c1-15-14-28-10-8-27(15)22-17-12-24-18(16-5-3-2-4-6-16)11-19(17)25-21(26-22)20-13-23-7-9-29-20/h2-6,11-12,15,20,23H,7-10,13-14H2,1H3. The van der Waals surface area contributed by atoms with Crippen molar-refractivity contribution < 1.29 is 9.47 Å². The monoisotopic (exact) mass is 391 g/mol. The first-order chi connectivity index (χ1) is 14.3. The van der Waals surface area contributed by atoms with Crippen LogP contribution in [0.3, 0.4) is 0 Å². The Labute approximate surface area is 170 Å². The van der Waals surface area contributed by atoms with Gasteiger partial charge in [-0.1, -0.05) is 30.3 Å². The van der Waals surface area contributed by atoms with Crippen LogP contribution in [0.15, 0.2) is 42.6 Å². The van der Waals surface area contributed by atoms with Gasteiger partial charge >= 0.3 is 0 Å². The lowest BCUT2D eigenvalue weighted by atomic mass is 10.1. The molecule has 2 fully saturated rings. The Bertz CT molecular complexity index is 991. The molecule has 2 saturated heterocycles. The molecule has 0 amide bonds. The Hall–Kier alpha value is -2.61. The lowest BCUT2D eigenvalue weighted by Gasteiger charge is -2.35. The first-order valence-corrected chi connectivity index (χ1v) is 10.2. The van der Waals surface area contributed by atoms with Crippen molar-refractivity contribution in [1.82, 2.24) is 20.3 Å². The SMILES string of the molecule is CC1COCCN1c1nc(C2CNCCO2)nc2cc(-c3ccccc3)ncc12. The van der Waals surface area contributed by atoms with Crippen molar-refractivity contribution in [3.63, 3.8) is 0 Å². The van der Waals surface area contributed by atoms with Gasteiger partial charge in [-0.15, -0.1) is 0 Å². The van der Waals surface area contributed by atoms with Crippen molar-refractivity contribution in [2.75, 3.05) is 44.4 Å². The fourth-order valence-corrected chi connectivity index (χ4v) is 3.93. The fourth-order valence-electron chi connectivity index (χ4n) is 3.93. The molecule has 0 bridgehead atoms. The summed E-state index contributed by atoms with van der Waals surface area (Å²) >= 11 is 0. The molecular weight excluding hydrogens is 366 g/mol. The van der Waals surface area contributed by atoms with E-state index in [9.17, 15) is 0 Å². The molecule has 5 rings (SSSR count). The summed E-state index contributed by atoms with van der Waals surface area (Å²) in [4.78, 5) is 16.9. The normalized spacial score (nSPS) is 22.7. The van der Waals surface area contributed by atoms with Gasteiger partial charge in [-0.05, 0) is 13.0 Å². The third-order valence-corrected chi connectivity index (χ3v) is 5.50. The Kier molecular flexibility index (Phi) is 5.10. The van der Waals surface area contributed by atoms with Gasteiger partial charge in [0, 0.05) is 31.4 Å². The number of fused-ring (bicyclic) bond motifs is 1. The maximum atomic E-state index is 5.95. The summed E-state index contributed by atoms with van der Waals surface area (Å²) in [6.45, 7) is 6.61. The zero-order valence-corrected chi connectivity index (χ0v) is 16.5. The topological polar surface area (TPSA) is 72.4 Å². The molecule has 0 saturated carbocycles. The number of ether oxygens (including phenoxy) is 2. The molecule has 2 aliphatic heterocycles. The third kappa shape index (κ3) is 3.69. The second kappa shape index (κ2) is 8.02. The zero-order chi connectivity index (χ0) is 19.6. The highest BCUT2D eigenvalue weighted by Gasteiger charge is 2.26. The van der Waals surface area contributed by atoms with Gasteiger partial charge in [-0.2, -0.15) is 0 Å². The van der Waals surface area contributed by atoms with Crippen molar-refractivity contribution in [3.8, 4) is 11.3 Å². The van der Waals surface area contributed by atoms with Gasteiger partial charge < -0.3 is 19.7 Å². The molecule has 2 aliphatic rings. The second-order valence-electron chi connectivity index (χ2n) is 7.54. The molecule has 4 heterocycles. The smallest absolute Gasteiger partial charge is 0.161 e. The van der Waals surface area contributed by atoms with E-state index in [1.165, 1.54) is 0 Å². The van der Waals surface area contributed by atoms with E-state index in [1.807, 2.05) is 24.4 Å². The lowest BCUT2D eigenvalue weighted by molar-refractivity contribution is 0.0223. The van der Waals surface area contributed by atoms with Gasteiger partial charge in [0.25, 0.3) is 0 Å². The highest BCUT2D eigenvalue weighted by molar-refractivity contribution is 5.91. The van der Waals surface area contributed by atoms with Gasteiger partial charge in [0.15, 0.2) is 5.82 Å². The number of anilines is 1. The summed E-state index contributed by atoms with van der Waals surface area (Å²) in [7, 11) is 0. The third-order valence-electron chi connectivity index (χ3n) is 5.50. The summed E-state index contributed by atoms with van der Waals surface area (Å²) in [5.41, 5.74) is 2.88. The van der Waals surface area contributed by atoms with E-state index >= 15 is 0 Å². The fraction of sp³-hybridized carbons (Fsp3) is 0.409. The molecule has 7 nitrogen and oxygen atoms in total. The van der Waals surface area contributed by atoms with Crippen LogP contribution in [0.2, 0.25) is 0 Å². The van der Waals surface area contributed by atoms with Crippen molar-refractivity contribution in [3.05, 3.63) is 48.4 Å². The maximum absolute atomic E-state index is 5.95. The van der Waals surface area contributed by atoms with Crippen molar-refractivity contribution in [2.24, 2.45) is 0 Å². The van der Waals surface area contributed by atoms with Crippen LogP contribution in [0, 0.1) is 0 Å². The van der Waals surface area contributed by atoms with Crippen LogP contribution >= 0.6 is 0 Å². The highest BCUT2D eigenvalue weighted by Crippen LogP contribution is 2.31. The van der Waals surface area contributed by atoms with Gasteiger partial charge in [0.1, 0.15) is 11.9 Å². The van der Waals surface area contributed by atoms with Crippen LogP contribution < -0.4 is 10.2 Å². The van der Waals surface area contributed by atoms with Crippen LogP contribution in [-0.4, -0.2) is 60.4 Å². The molecule has 1 N–H and O–H groups in total. The lowest BCUT2D eigenvalue weighted by Crippen LogP contribution is -2.44. The Balaban J connectivity index is 1.64. The summed E-state index contributed by atoms with van der Waals surface area (Å²) in [6.07, 6.45) is 1.76. The van der Waals surface area contributed by atoms with Gasteiger partial charge in [-0.25, -0.2) is 9.97 Å². The number of morpholine rings is 2. The molecule has 3 aromatic rings. The van der Waals surface area contributed by atoms with Crippen LogP contribution in [0.25, 0.3) is 22.2 Å². The molecule has 2 atom stereocenters. The summed E-state index contributed by atoms with van der Waals surface area (Å²) < 4.78 is 11.6. The molecule has 0 aliphatic carbocycles. The number of aromatic nitrogens is 3. The zero-order valence-electron chi connectivity index (χ0n) is 16.5. The Morgan fingerprint density at radius 2 is 2.03 bits per heavy atom. The van der Waals surface area contributed by atoms with E-state index in [2.05, 4.69) is 35.3 Å². The Morgan fingerprint density at radius 3 is 2.83 bits per heavy atom. The highest BCUT2D eigenvalue weighted by atomic mass is 16.5. The van der Waals surface area contributed by atoms with Crippen molar-refractivity contribution in [2.45, 2.75) is 19.1 Å². The van der Waals surface area contributed by atoms with Crippen molar-refractivity contribution in [1.29, 1.82) is 0 Å².